The molecule has 0 N–H and O–H groups in total. The lowest BCUT2D eigenvalue weighted by atomic mass is 9.99. The van der Waals surface area contributed by atoms with Gasteiger partial charge in [0.05, 0.1) is 0 Å². The number of hydrogen-bond acceptors (Lipinski definition) is 1. The van der Waals surface area contributed by atoms with Crippen LogP contribution in [0.4, 0.5) is 0 Å². The van der Waals surface area contributed by atoms with Crippen molar-refractivity contribution in [3.8, 4) is 0 Å². The molecule has 0 unspecified atom stereocenters. The van der Waals surface area contributed by atoms with Gasteiger partial charge in [0, 0.05) is 12.0 Å². The fourth-order valence-electron chi connectivity index (χ4n) is 2.02. The highest BCUT2D eigenvalue weighted by Crippen LogP contribution is 2.13. The molecule has 0 spiro atoms. The lowest BCUT2D eigenvalue weighted by molar-refractivity contribution is 0.0993. The predicted molar refractivity (Wildman–Crippen MR) is 75.1 cm³/mol. The summed E-state index contributed by atoms with van der Waals surface area (Å²) in [4.78, 5) is 12.2. The van der Waals surface area contributed by atoms with E-state index in [1.807, 2.05) is 50.2 Å². The molecule has 2 aromatic carbocycles. The Bertz CT molecular complexity index is 582. The van der Waals surface area contributed by atoms with Gasteiger partial charge in [-0.1, -0.05) is 42.0 Å². The maximum Gasteiger partial charge on any atom is 0.167 e. The van der Waals surface area contributed by atoms with Crippen LogP contribution in [0.1, 0.15) is 32.6 Å². The van der Waals surface area contributed by atoms with E-state index < -0.39 is 0 Å². The van der Waals surface area contributed by atoms with Crippen molar-refractivity contribution in [2.24, 2.45) is 0 Å². The topological polar surface area (TPSA) is 17.1 Å². The number of Topliss-reactive ketones (excluding diaryl/α,β-unsaturated/α-hetero) is 1. The number of carbonyl (C=O) groups excluding carboxylic acids is 1. The second kappa shape index (κ2) is 5.18. The van der Waals surface area contributed by atoms with Crippen LogP contribution in [0, 0.1) is 20.8 Å². The average Bonchev–Trinajstić information content (AvgIpc) is 2.32. The zero-order chi connectivity index (χ0) is 13.1. The van der Waals surface area contributed by atoms with Crippen molar-refractivity contribution < 1.29 is 4.79 Å². The summed E-state index contributed by atoms with van der Waals surface area (Å²) in [5.74, 6) is 0.184. The fourth-order valence-corrected chi connectivity index (χ4v) is 2.02. The Balaban J connectivity index is 2.19. The molecule has 0 saturated heterocycles. The van der Waals surface area contributed by atoms with Crippen molar-refractivity contribution in [3.05, 3.63) is 70.3 Å². The first kappa shape index (κ1) is 12.6. The van der Waals surface area contributed by atoms with E-state index >= 15 is 0 Å². The highest BCUT2D eigenvalue weighted by Gasteiger charge is 2.08. The normalized spacial score (nSPS) is 10.4. The Hall–Kier alpha value is -1.89. The first-order valence-corrected chi connectivity index (χ1v) is 6.22. The van der Waals surface area contributed by atoms with Crippen LogP contribution in [0.2, 0.25) is 0 Å². The summed E-state index contributed by atoms with van der Waals surface area (Å²) in [6.45, 7) is 6.15. The van der Waals surface area contributed by atoms with Crippen LogP contribution in [0.3, 0.4) is 0 Å². The number of aryl methyl sites for hydroxylation is 3. The van der Waals surface area contributed by atoms with Crippen molar-refractivity contribution in [1.29, 1.82) is 0 Å². The van der Waals surface area contributed by atoms with Gasteiger partial charge in [-0.3, -0.25) is 4.79 Å². The van der Waals surface area contributed by atoms with Crippen LogP contribution in [0.25, 0.3) is 0 Å². The second-order valence-electron chi connectivity index (χ2n) is 4.89. The van der Waals surface area contributed by atoms with Crippen LogP contribution in [0.5, 0.6) is 0 Å². The van der Waals surface area contributed by atoms with E-state index in [2.05, 4.69) is 13.0 Å². The molecule has 0 aliphatic heterocycles. The van der Waals surface area contributed by atoms with Gasteiger partial charge in [0.25, 0.3) is 0 Å². The summed E-state index contributed by atoms with van der Waals surface area (Å²) in [6.07, 6.45) is 0.476. The molecular formula is C17H18O. The first-order valence-electron chi connectivity index (χ1n) is 6.22. The Morgan fingerprint density at radius 1 is 0.944 bits per heavy atom. The largest absolute Gasteiger partial charge is 0.294 e. The quantitative estimate of drug-likeness (QED) is 0.738. The van der Waals surface area contributed by atoms with E-state index in [1.54, 1.807) is 0 Å². The molecule has 2 aromatic rings. The van der Waals surface area contributed by atoms with Crippen LogP contribution in [-0.4, -0.2) is 5.78 Å². The minimum Gasteiger partial charge on any atom is -0.294 e. The van der Waals surface area contributed by atoms with Gasteiger partial charge in [0.2, 0.25) is 0 Å². The van der Waals surface area contributed by atoms with Gasteiger partial charge in [0.15, 0.2) is 5.78 Å². The van der Waals surface area contributed by atoms with Gasteiger partial charge in [-0.2, -0.15) is 0 Å². The second-order valence-corrected chi connectivity index (χ2v) is 4.89. The van der Waals surface area contributed by atoms with E-state index in [0.29, 0.717) is 6.42 Å². The van der Waals surface area contributed by atoms with Crippen LogP contribution in [-0.2, 0) is 6.42 Å². The van der Waals surface area contributed by atoms with Crippen molar-refractivity contribution in [2.75, 3.05) is 0 Å². The number of rotatable bonds is 3. The van der Waals surface area contributed by atoms with E-state index in [-0.39, 0.29) is 5.78 Å². The van der Waals surface area contributed by atoms with E-state index in [0.717, 1.165) is 11.1 Å². The molecule has 1 heteroatoms. The van der Waals surface area contributed by atoms with Gasteiger partial charge in [-0.25, -0.2) is 0 Å². The van der Waals surface area contributed by atoms with Gasteiger partial charge < -0.3 is 0 Å². The Morgan fingerprint density at radius 3 is 2.39 bits per heavy atom. The van der Waals surface area contributed by atoms with Gasteiger partial charge in [-0.05, 0) is 43.5 Å². The molecule has 0 bridgehead atoms. The Kier molecular flexibility index (Phi) is 3.61. The smallest absolute Gasteiger partial charge is 0.167 e. The standard InChI is InChI=1S/C17H18O/c1-12-5-4-6-15(9-12)11-17(18)16-8-7-13(2)14(3)10-16/h4-10H,11H2,1-3H3. The first-order chi connectivity index (χ1) is 8.56. The third-order valence-corrected chi connectivity index (χ3v) is 3.28. The molecule has 1 nitrogen and oxygen atoms in total. The number of ketones is 1. The third-order valence-electron chi connectivity index (χ3n) is 3.28. The van der Waals surface area contributed by atoms with E-state index in [4.69, 9.17) is 0 Å². The van der Waals surface area contributed by atoms with E-state index in [9.17, 15) is 4.79 Å². The molecule has 0 heterocycles. The maximum absolute atomic E-state index is 12.2. The molecule has 2 rings (SSSR count). The van der Waals surface area contributed by atoms with Crippen LogP contribution in [0.15, 0.2) is 42.5 Å². The molecule has 0 amide bonds. The SMILES string of the molecule is Cc1cccc(CC(=O)c2ccc(C)c(C)c2)c1. The lowest BCUT2D eigenvalue weighted by Crippen LogP contribution is -2.04. The third kappa shape index (κ3) is 2.86. The van der Waals surface area contributed by atoms with Crippen LogP contribution >= 0.6 is 0 Å². The summed E-state index contributed by atoms with van der Waals surface area (Å²) >= 11 is 0. The molecule has 18 heavy (non-hydrogen) atoms. The van der Waals surface area contributed by atoms with Crippen molar-refractivity contribution >= 4 is 5.78 Å². The van der Waals surface area contributed by atoms with Crippen molar-refractivity contribution in [3.63, 3.8) is 0 Å². The van der Waals surface area contributed by atoms with Crippen molar-refractivity contribution in [1.82, 2.24) is 0 Å². The fraction of sp³-hybridized carbons (Fsp3) is 0.235. The summed E-state index contributed by atoms with van der Waals surface area (Å²) in [7, 11) is 0. The average molecular weight is 238 g/mol. The molecule has 0 saturated carbocycles. The van der Waals surface area contributed by atoms with Gasteiger partial charge >= 0.3 is 0 Å². The monoisotopic (exact) mass is 238 g/mol. The summed E-state index contributed by atoms with van der Waals surface area (Å²) in [6, 6.07) is 14.0. The molecule has 0 radical (unpaired) electrons. The number of carbonyl (C=O) groups is 1. The highest BCUT2D eigenvalue weighted by molar-refractivity contribution is 5.97. The van der Waals surface area contributed by atoms with Gasteiger partial charge in [-0.15, -0.1) is 0 Å². The zero-order valence-electron chi connectivity index (χ0n) is 11.2. The number of benzene rings is 2. The highest BCUT2D eigenvalue weighted by atomic mass is 16.1. The summed E-state index contributed by atoms with van der Waals surface area (Å²) < 4.78 is 0. The predicted octanol–water partition coefficient (Wildman–Crippen LogP) is 4.04. The number of hydrogen-bond donors (Lipinski definition) is 0. The van der Waals surface area contributed by atoms with Crippen molar-refractivity contribution in [2.45, 2.75) is 27.2 Å². The summed E-state index contributed by atoms with van der Waals surface area (Å²) in [5, 5.41) is 0. The van der Waals surface area contributed by atoms with Crippen LogP contribution < -0.4 is 0 Å². The Morgan fingerprint density at radius 2 is 1.72 bits per heavy atom. The molecule has 0 aromatic heterocycles. The van der Waals surface area contributed by atoms with Gasteiger partial charge in [0.1, 0.15) is 0 Å². The Labute approximate surface area is 108 Å². The minimum atomic E-state index is 0.184. The molecule has 0 fully saturated rings. The minimum absolute atomic E-state index is 0.184. The van der Waals surface area contributed by atoms with E-state index in [1.165, 1.54) is 16.7 Å². The molecular weight excluding hydrogens is 220 g/mol. The lowest BCUT2D eigenvalue weighted by Gasteiger charge is -2.05. The maximum atomic E-state index is 12.2. The molecule has 0 aliphatic carbocycles. The molecule has 0 aliphatic rings. The zero-order valence-corrected chi connectivity index (χ0v) is 11.2. The summed E-state index contributed by atoms with van der Waals surface area (Å²) in [5.41, 5.74) is 5.48. The molecule has 92 valence electrons. The molecule has 0 atom stereocenters.